The average Bonchev–Trinajstić information content (AvgIpc) is 2.81. The van der Waals surface area contributed by atoms with Crippen LogP contribution < -0.4 is 0 Å². The van der Waals surface area contributed by atoms with E-state index < -0.39 is 28.4 Å². The molecule has 26 heavy (non-hydrogen) atoms. The van der Waals surface area contributed by atoms with Crippen LogP contribution in [-0.4, -0.2) is 16.4 Å². The first-order chi connectivity index (χ1) is 12.3. The zero-order valence-electron chi connectivity index (χ0n) is 14.4. The normalized spacial score (nSPS) is 16.0. The van der Waals surface area contributed by atoms with Gasteiger partial charge < -0.3 is 4.74 Å². The molecule has 0 spiro atoms. The van der Waals surface area contributed by atoms with Gasteiger partial charge in [0.1, 0.15) is 5.76 Å². The number of hydrogen-bond donors (Lipinski definition) is 0. The van der Waals surface area contributed by atoms with Crippen molar-refractivity contribution in [1.29, 1.82) is 0 Å². The van der Waals surface area contributed by atoms with E-state index in [2.05, 4.69) is 0 Å². The fourth-order valence-electron chi connectivity index (χ4n) is 2.87. The molecule has 1 unspecified atom stereocenters. The molecule has 0 saturated heterocycles. The van der Waals surface area contributed by atoms with E-state index >= 15 is 0 Å². The number of rotatable bonds is 3. The number of allylic oxidation sites excluding steroid dienone is 2. The topological polar surface area (TPSA) is 43.4 Å². The molecule has 0 heterocycles. The van der Waals surface area contributed by atoms with Crippen LogP contribution in [0, 0.1) is 11.6 Å². The van der Waals surface area contributed by atoms with Crippen molar-refractivity contribution in [2.45, 2.75) is 18.7 Å². The van der Waals surface area contributed by atoms with Crippen molar-refractivity contribution in [2.24, 2.45) is 0 Å². The van der Waals surface area contributed by atoms with Crippen molar-refractivity contribution in [1.82, 2.24) is 0 Å². The first-order valence-electron chi connectivity index (χ1n) is 7.82. The van der Waals surface area contributed by atoms with E-state index in [-0.39, 0.29) is 5.76 Å². The number of carbonyl (C=O) groups excluding carboxylic acids is 1. The summed E-state index contributed by atoms with van der Waals surface area (Å²) in [5.41, 5.74) is 2.85. The molecule has 0 aromatic heterocycles. The van der Waals surface area contributed by atoms with E-state index in [1.807, 2.05) is 0 Å². The summed E-state index contributed by atoms with van der Waals surface area (Å²) >= 11 is 0. The summed E-state index contributed by atoms with van der Waals surface area (Å²) in [4.78, 5) is 12.1. The Bertz CT molecular complexity index is 989. The molecular weight excluding hydrogens is 358 g/mol. The van der Waals surface area contributed by atoms with E-state index in [0.717, 1.165) is 17.7 Å². The Hall–Kier alpha value is -2.60. The van der Waals surface area contributed by atoms with E-state index in [0.29, 0.717) is 27.2 Å². The van der Waals surface area contributed by atoms with Crippen molar-refractivity contribution in [2.75, 3.05) is 6.26 Å². The van der Waals surface area contributed by atoms with E-state index in [1.165, 1.54) is 6.92 Å². The SMILES string of the molecule is CC(=O)OC1=C(C)C(=Cc2ccc(S(C)=O)cc2)c2cc(F)c(F)cc21. The molecule has 0 N–H and O–H groups in total. The summed E-state index contributed by atoms with van der Waals surface area (Å²) in [6.07, 6.45) is 3.39. The van der Waals surface area contributed by atoms with Gasteiger partial charge in [-0.25, -0.2) is 8.78 Å². The molecule has 3 rings (SSSR count). The molecule has 1 aliphatic rings. The Morgan fingerprint density at radius 1 is 1.08 bits per heavy atom. The average molecular weight is 374 g/mol. The van der Waals surface area contributed by atoms with Gasteiger partial charge in [0.05, 0.1) is 0 Å². The Morgan fingerprint density at radius 2 is 1.65 bits per heavy atom. The molecule has 0 fully saturated rings. The first-order valence-corrected chi connectivity index (χ1v) is 9.38. The lowest BCUT2D eigenvalue weighted by Crippen LogP contribution is -1.99. The quantitative estimate of drug-likeness (QED) is 0.741. The van der Waals surface area contributed by atoms with Crippen LogP contribution in [0.2, 0.25) is 0 Å². The van der Waals surface area contributed by atoms with Crippen LogP contribution in [0.15, 0.2) is 46.9 Å². The number of halogens is 2. The number of fused-ring (bicyclic) bond motifs is 1. The molecule has 0 radical (unpaired) electrons. The summed E-state index contributed by atoms with van der Waals surface area (Å²) in [5.74, 6) is -2.28. The van der Waals surface area contributed by atoms with Crippen LogP contribution in [0.5, 0.6) is 0 Å². The maximum absolute atomic E-state index is 13.8. The Labute approximate surface area is 152 Å². The van der Waals surface area contributed by atoms with Gasteiger partial charge in [0, 0.05) is 40.0 Å². The predicted octanol–water partition coefficient (Wildman–Crippen LogP) is 4.55. The minimum atomic E-state index is -1.08. The number of benzene rings is 2. The third kappa shape index (κ3) is 3.37. The van der Waals surface area contributed by atoms with Crippen molar-refractivity contribution < 1.29 is 22.5 Å². The number of ether oxygens (including phenoxy) is 1. The summed E-state index contributed by atoms with van der Waals surface area (Å²) in [5, 5.41) is 0. The molecule has 2 aromatic rings. The number of esters is 1. The highest BCUT2D eigenvalue weighted by Crippen LogP contribution is 2.43. The molecule has 1 aliphatic carbocycles. The van der Waals surface area contributed by atoms with Crippen molar-refractivity contribution in [3.8, 4) is 0 Å². The summed E-state index contributed by atoms with van der Waals surface area (Å²) in [6, 6.07) is 9.22. The van der Waals surface area contributed by atoms with Crippen molar-refractivity contribution in [3.05, 3.63) is 70.3 Å². The highest BCUT2D eigenvalue weighted by Gasteiger charge is 2.28. The first kappa shape index (κ1) is 18.2. The number of carbonyl (C=O) groups is 1. The molecule has 0 bridgehead atoms. The van der Waals surface area contributed by atoms with Crippen molar-refractivity contribution in [3.63, 3.8) is 0 Å². The lowest BCUT2D eigenvalue weighted by atomic mass is 10.0. The second-order valence-corrected chi connectivity index (χ2v) is 7.32. The van der Waals surface area contributed by atoms with Gasteiger partial charge in [-0.15, -0.1) is 0 Å². The zero-order valence-corrected chi connectivity index (χ0v) is 15.2. The van der Waals surface area contributed by atoms with Gasteiger partial charge in [-0.3, -0.25) is 9.00 Å². The van der Waals surface area contributed by atoms with Gasteiger partial charge in [0.2, 0.25) is 0 Å². The van der Waals surface area contributed by atoms with Gasteiger partial charge in [-0.1, -0.05) is 12.1 Å². The van der Waals surface area contributed by atoms with E-state index in [9.17, 15) is 17.8 Å². The van der Waals surface area contributed by atoms with E-state index in [1.54, 1.807) is 43.5 Å². The standard InChI is InChI=1S/C20H16F2O3S/c1-11-15(8-13-4-6-14(7-5-13)26(3)24)16-9-18(21)19(22)10-17(16)20(11)25-12(2)23/h4-10H,1-3H3. The van der Waals surface area contributed by atoms with Gasteiger partial charge in [-0.2, -0.15) is 0 Å². The van der Waals surface area contributed by atoms with Gasteiger partial charge in [0.15, 0.2) is 11.6 Å². The summed E-state index contributed by atoms with van der Waals surface area (Å²) < 4.78 is 44.2. The lowest BCUT2D eigenvalue weighted by molar-refractivity contribution is -0.134. The fraction of sp³-hybridized carbons (Fsp3) is 0.150. The van der Waals surface area contributed by atoms with Crippen LogP contribution >= 0.6 is 0 Å². The van der Waals surface area contributed by atoms with Crippen LogP contribution in [0.3, 0.4) is 0 Å². The molecular formula is C20H16F2O3S. The Morgan fingerprint density at radius 3 is 2.19 bits per heavy atom. The predicted molar refractivity (Wildman–Crippen MR) is 97.4 cm³/mol. The van der Waals surface area contributed by atoms with Crippen LogP contribution in [0.4, 0.5) is 8.78 Å². The molecule has 0 aliphatic heterocycles. The molecule has 134 valence electrons. The molecule has 1 atom stereocenters. The third-order valence-corrected chi connectivity index (χ3v) is 5.04. The van der Waals surface area contributed by atoms with Gasteiger partial charge in [0.25, 0.3) is 0 Å². The molecule has 6 heteroatoms. The fourth-order valence-corrected chi connectivity index (χ4v) is 3.39. The van der Waals surface area contributed by atoms with Gasteiger partial charge in [-0.05, 0) is 54.0 Å². The van der Waals surface area contributed by atoms with Crippen LogP contribution in [0.1, 0.15) is 30.5 Å². The molecule has 0 amide bonds. The van der Waals surface area contributed by atoms with Crippen molar-refractivity contribution >= 4 is 34.2 Å². The lowest BCUT2D eigenvalue weighted by Gasteiger charge is -2.06. The summed E-state index contributed by atoms with van der Waals surface area (Å²) in [7, 11) is -1.08. The summed E-state index contributed by atoms with van der Waals surface area (Å²) in [6.45, 7) is 2.99. The van der Waals surface area contributed by atoms with Crippen LogP contribution in [0.25, 0.3) is 17.4 Å². The minimum Gasteiger partial charge on any atom is -0.426 e. The third-order valence-electron chi connectivity index (χ3n) is 4.11. The van der Waals surface area contributed by atoms with Crippen LogP contribution in [-0.2, 0) is 20.3 Å². The number of hydrogen-bond acceptors (Lipinski definition) is 3. The Balaban J connectivity index is 2.14. The second kappa shape index (κ2) is 6.96. The maximum atomic E-state index is 13.8. The Kier molecular flexibility index (Phi) is 4.87. The van der Waals surface area contributed by atoms with E-state index in [4.69, 9.17) is 4.74 Å². The minimum absolute atomic E-state index is 0.226. The zero-order chi connectivity index (χ0) is 19.0. The maximum Gasteiger partial charge on any atom is 0.308 e. The van der Waals surface area contributed by atoms with Gasteiger partial charge >= 0.3 is 5.97 Å². The largest absolute Gasteiger partial charge is 0.426 e. The molecule has 3 nitrogen and oxygen atoms in total. The smallest absolute Gasteiger partial charge is 0.308 e. The molecule has 2 aromatic carbocycles. The highest BCUT2D eigenvalue weighted by molar-refractivity contribution is 7.84. The second-order valence-electron chi connectivity index (χ2n) is 5.94. The molecule has 0 saturated carbocycles. The highest BCUT2D eigenvalue weighted by atomic mass is 32.2. The monoisotopic (exact) mass is 374 g/mol.